The summed E-state index contributed by atoms with van der Waals surface area (Å²) in [6.45, 7) is 4.03. The molecule has 24 heavy (non-hydrogen) atoms. The minimum atomic E-state index is -0.175. The summed E-state index contributed by atoms with van der Waals surface area (Å²) < 4.78 is 0. The second-order valence-corrected chi connectivity index (χ2v) is 6.68. The number of amides is 1. The molecule has 1 amide bonds. The van der Waals surface area contributed by atoms with Gasteiger partial charge in [0, 0.05) is 11.7 Å². The fourth-order valence-electron chi connectivity index (χ4n) is 3.24. The Labute approximate surface area is 143 Å². The number of benzene rings is 1. The first kappa shape index (κ1) is 16.5. The van der Waals surface area contributed by atoms with Crippen LogP contribution >= 0.6 is 0 Å². The molecule has 0 aliphatic heterocycles. The van der Waals surface area contributed by atoms with Gasteiger partial charge < -0.3 is 10.6 Å². The standard InChI is InChI=1S/C20H25N3O/c1-14-8-10-18(15(2)12-14)23-20(24)19-11-9-17(13-21-19)22-16-6-4-3-5-7-16/h8-13,16,22H,3-7H2,1-2H3,(H,23,24). The van der Waals surface area contributed by atoms with Crippen molar-refractivity contribution in [2.24, 2.45) is 0 Å². The number of pyridine rings is 1. The molecule has 126 valence electrons. The van der Waals surface area contributed by atoms with Gasteiger partial charge in [-0.1, -0.05) is 37.0 Å². The lowest BCUT2D eigenvalue weighted by Gasteiger charge is -2.23. The van der Waals surface area contributed by atoms with E-state index in [1.165, 1.54) is 37.7 Å². The zero-order chi connectivity index (χ0) is 16.9. The smallest absolute Gasteiger partial charge is 0.274 e. The topological polar surface area (TPSA) is 54.0 Å². The number of aryl methyl sites for hydroxylation is 2. The highest BCUT2D eigenvalue weighted by atomic mass is 16.1. The van der Waals surface area contributed by atoms with Gasteiger partial charge in [0.25, 0.3) is 5.91 Å². The van der Waals surface area contributed by atoms with Gasteiger partial charge in [-0.15, -0.1) is 0 Å². The van der Waals surface area contributed by atoms with Gasteiger partial charge in [0.2, 0.25) is 0 Å². The number of carbonyl (C=O) groups is 1. The molecule has 1 aliphatic carbocycles. The van der Waals surface area contributed by atoms with Crippen molar-refractivity contribution in [1.29, 1.82) is 0 Å². The highest BCUT2D eigenvalue weighted by Crippen LogP contribution is 2.21. The molecule has 0 bridgehead atoms. The zero-order valence-electron chi connectivity index (χ0n) is 14.4. The fourth-order valence-corrected chi connectivity index (χ4v) is 3.24. The summed E-state index contributed by atoms with van der Waals surface area (Å²) in [5, 5.41) is 6.45. The number of nitrogens with zero attached hydrogens (tertiary/aromatic N) is 1. The summed E-state index contributed by atoms with van der Waals surface area (Å²) >= 11 is 0. The number of rotatable bonds is 4. The van der Waals surface area contributed by atoms with E-state index < -0.39 is 0 Å². The molecule has 1 fully saturated rings. The zero-order valence-corrected chi connectivity index (χ0v) is 14.4. The lowest BCUT2D eigenvalue weighted by molar-refractivity contribution is 0.102. The molecule has 0 spiro atoms. The lowest BCUT2D eigenvalue weighted by Crippen LogP contribution is -2.22. The summed E-state index contributed by atoms with van der Waals surface area (Å²) in [6.07, 6.45) is 8.12. The van der Waals surface area contributed by atoms with E-state index in [1.807, 2.05) is 32.0 Å². The molecule has 4 heteroatoms. The minimum Gasteiger partial charge on any atom is -0.381 e. The monoisotopic (exact) mass is 323 g/mol. The van der Waals surface area contributed by atoms with E-state index in [4.69, 9.17) is 0 Å². The van der Waals surface area contributed by atoms with E-state index in [0.29, 0.717) is 11.7 Å². The minimum absolute atomic E-state index is 0.175. The van der Waals surface area contributed by atoms with Crippen molar-refractivity contribution in [1.82, 2.24) is 4.98 Å². The van der Waals surface area contributed by atoms with Crippen molar-refractivity contribution in [3.05, 3.63) is 53.3 Å². The number of carbonyl (C=O) groups excluding carboxylic acids is 1. The highest BCUT2D eigenvalue weighted by Gasteiger charge is 2.14. The van der Waals surface area contributed by atoms with Gasteiger partial charge in [-0.2, -0.15) is 0 Å². The SMILES string of the molecule is Cc1ccc(NC(=O)c2ccc(NC3CCCCC3)cn2)c(C)c1. The van der Waals surface area contributed by atoms with Gasteiger partial charge in [0.05, 0.1) is 11.9 Å². The van der Waals surface area contributed by atoms with Crippen LogP contribution in [0.5, 0.6) is 0 Å². The van der Waals surface area contributed by atoms with Gasteiger partial charge in [-0.25, -0.2) is 4.98 Å². The van der Waals surface area contributed by atoms with Crippen molar-refractivity contribution in [2.75, 3.05) is 10.6 Å². The third kappa shape index (κ3) is 4.13. The summed E-state index contributed by atoms with van der Waals surface area (Å²) in [7, 11) is 0. The van der Waals surface area contributed by atoms with Gasteiger partial charge in [0.1, 0.15) is 5.69 Å². The molecule has 1 aromatic carbocycles. The van der Waals surface area contributed by atoms with Crippen LogP contribution in [0.25, 0.3) is 0 Å². The maximum atomic E-state index is 12.4. The molecule has 1 aliphatic rings. The number of aromatic nitrogens is 1. The average Bonchev–Trinajstić information content (AvgIpc) is 2.59. The van der Waals surface area contributed by atoms with E-state index in [0.717, 1.165) is 16.9 Å². The summed E-state index contributed by atoms with van der Waals surface area (Å²) in [5.41, 5.74) is 4.49. The number of nitrogens with one attached hydrogen (secondary N) is 2. The van der Waals surface area contributed by atoms with Crippen LogP contribution < -0.4 is 10.6 Å². The van der Waals surface area contributed by atoms with Crippen LogP contribution in [0.1, 0.15) is 53.7 Å². The summed E-state index contributed by atoms with van der Waals surface area (Å²) in [4.78, 5) is 16.7. The van der Waals surface area contributed by atoms with Crippen molar-refractivity contribution in [3.63, 3.8) is 0 Å². The molecule has 3 rings (SSSR count). The average molecular weight is 323 g/mol. The molecule has 4 nitrogen and oxygen atoms in total. The quantitative estimate of drug-likeness (QED) is 0.858. The van der Waals surface area contributed by atoms with Crippen LogP contribution in [0.4, 0.5) is 11.4 Å². The molecule has 0 radical (unpaired) electrons. The van der Waals surface area contributed by atoms with E-state index in [1.54, 1.807) is 12.3 Å². The third-order valence-corrected chi connectivity index (χ3v) is 4.60. The van der Waals surface area contributed by atoms with Crippen molar-refractivity contribution in [3.8, 4) is 0 Å². The van der Waals surface area contributed by atoms with Crippen LogP contribution in [0, 0.1) is 13.8 Å². The second kappa shape index (κ2) is 7.47. The molecular formula is C20H25N3O. The molecule has 0 atom stereocenters. The Morgan fingerprint density at radius 1 is 1.08 bits per heavy atom. The van der Waals surface area contributed by atoms with Crippen LogP contribution in [0.3, 0.4) is 0 Å². The Morgan fingerprint density at radius 3 is 2.54 bits per heavy atom. The molecule has 1 aromatic heterocycles. The molecule has 1 heterocycles. The Balaban J connectivity index is 1.62. The first-order valence-corrected chi connectivity index (χ1v) is 8.73. The first-order valence-electron chi connectivity index (χ1n) is 8.73. The molecular weight excluding hydrogens is 298 g/mol. The third-order valence-electron chi connectivity index (χ3n) is 4.60. The van der Waals surface area contributed by atoms with E-state index >= 15 is 0 Å². The van der Waals surface area contributed by atoms with Gasteiger partial charge >= 0.3 is 0 Å². The molecule has 1 saturated carbocycles. The van der Waals surface area contributed by atoms with E-state index in [2.05, 4.69) is 21.7 Å². The number of hydrogen-bond acceptors (Lipinski definition) is 3. The maximum absolute atomic E-state index is 12.4. The predicted molar refractivity (Wildman–Crippen MR) is 98.6 cm³/mol. The normalized spacial score (nSPS) is 15.1. The summed E-state index contributed by atoms with van der Waals surface area (Å²) in [5.74, 6) is -0.175. The molecule has 2 aromatic rings. The predicted octanol–water partition coefficient (Wildman–Crippen LogP) is 4.70. The maximum Gasteiger partial charge on any atom is 0.274 e. The van der Waals surface area contributed by atoms with Crippen LogP contribution in [-0.2, 0) is 0 Å². The Hall–Kier alpha value is -2.36. The molecule has 2 N–H and O–H groups in total. The number of anilines is 2. The van der Waals surface area contributed by atoms with Crippen LogP contribution in [0.15, 0.2) is 36.5 Å². The summed E-state index contributed by atoms with van der Waals surface area (Å²) in [6, 6.07) is 10.2. The Bertz CT molecular complexity index is 703. The number of hydrogen-bond donors (Lipinski definition) is 2. The van der Waals surface area contributed by atoms with Crippen LogP contribution in [0.2, 0.25) is 0 Å². The van der Waals surface area contributed by atoms with Crippen molar-refractivity contribution in [2.45, 2.75) is 52.0 Å². The first-order chi connectivity index (χ1) is 11.6. The van der Waals surface area contributed by atoms with E-state index in [-0.39, 0.29) is 5.91 Å². The van der Waals surface area contributed by atoms with Gasteiger partial charge in [-0.05, 0) is 50.5 Å². The Morgan fingerprint density at radius 2 is 1.88 bits per heavy atom. The van der Waals surface area contributed by atoms with Gasteiger partial charge in [0.15, 0.2) is 0 Å². The molecule has 0 saturated heterocycles. The van der Waals surface area contributed by atoms with Gasteiger partial charge in [-0.3, -0.25) is 4.79 Å². The second-order valence-electron chi connectivity index (χ2n) is 6.68. The molecule has 0 unspecified atom stereocenters. The fraction of sp³-hybridized carbons (Fsp3) is 0.400. The lowest BCUT2D eigenvalue weighted by atomic mass is 9.95. The highest BCUT2D eigenvalue weighted by molar-refractivity contribution is 6.03. The van der Waals surface area contributed by atoms with Crippen molar-refractivity contribution < 1.29 is 4.79 Å². The Kier molecular flexibility index (Phi) is 5.14. The largest absolute Gasteiger partial charge is 0.381 e. The van der Waals surface area contributed by atoms with Crippen LogP contribution in [-0.4, -0.2) is 16.9 Å². The van der Waals surface area contributed by atoms with Crippen molar-refractivity contribution >= 4 is 17.3 Å². The van der Waals surface area contributed by atoms with E-state index in [9.17, 15) is 4.79 Å².